The average molecular weight is 648 g/mol. The van der Waals surface area contributed by atoms with Crippen molar-refractivity contribution in [2.45, 2.75) is 23.8 Å². The van der Waals surface area contributed by atoms with Crippen LogP contribution in [-0.2, 0) is 14.0 Å². The number of benzene rings is 5. The molecule has 0 N–H and O–H groups in total. The van der Waals surface area contributed by atoms with Crippen LogP contribution in [0, 0.1) is 17.8 Å². The number of oxime groups is 1. The highest BCUT2D eigenvalue weighted by atomic mass is 35.5. The van der Waals surface area contributed by atoms with Gasteiger partial charge in [-0.3, -0.25) is 0 Å². The van der Waals surface area contributed by atoms with Crippen LogP contribution in [0.4, 0.5) is 0 Å². The Labute approximate surface area is 268 Å². The van der Waals surface area contributed by atoms with Crippen LogP contribution >= 0.6 is 25.9 Å². The van der Waals surface area contributed by atoms with Crippen molar-refractivity contribution in [3.8, 4) is 0 Å². The standard InChI is InChI=1S/C38H32ClNO3P2/c39-27-23-21-26(22-24-27)35-34-32-25-33(36(34)43-40-35)38(45(42,30-17-9-3-10-18-30)31-19-11-4-12-20-31)37(32)44(41,28-13-5-1-6-14-28)29-15-7-2-8-16-29/h1-24,32-34,36-38H,25H2/t32-,33-,34+,36-,37-,38-/m0/s1. The lowest BCUT2D eigenvalue weighted by atomic mass is 9.80. The largest absolute Gasteiger partial charge is 0.391 e. The summed E-state index contributed by atoms with van der Waals surface area (Å²) in [7, 11) is -6.76. The zero-order valence-corrected chi connectivity index (χ0v) is 27.0. The van der Waals surface area contributed by atoms with Crippen molar-refractivity contribution in [2.75, 3.05) is 0 Å². The van der Waals surface area contributed by atoms with Gasteiger partial charge in [-0.15, -0.1) is 0 Å². The van der Waals surface area contributed by atoms with E-state index in [1.807, 2.05) is 146 Å². The molecule has 5 aromatic rings. The molecule has 45 heavy (non-hydrogen) atoms. The second kappa shape index (κ2) is 11.3. The van der Waals surface area contributed by atoms with Crippen molar-refractivity contribution in [3.05, 3.63) is 156 Å². The van der Waals surface area contributed by atoms with Gasteiger partial charge in [0.1, 0.15) is 20.4 Å². The summed E-state index contributed by atoms with van der Waals surface area (Å²) in [6, 6.07) is 47.1. The summed E-state index contributed by atoms with van der Waals surface area (Å²) in [6.07, 6.45) is 0.521. The number of nitrogens with zero attached hydrogens (tertiary/aromatic N) is 1. The van der Waals surface area contributed by atoms with Crippen molar-refractivity contribution in [3.63, 3.8) is 0 Å². The molecule has 0 amide bonds. The van der Waals surface area contributed by atoms with E-state index in [1.54, 1.807) is 0 Å². The molecule has 2 aliphatic carbocycles. The van der Waals surface area contributed by atoms with E-state index in [0.29, 0.717) is 5.02 Å². The quantitative estimate of drug-likeness (QED) is 0.172. The third kappa shape index (κ3) is 4.45. The Morgan fingerprint density at radius 3 is 1.38 bits per heavy atom. The van der Waals surface area contributed by atoms with Crippen LogP contribution in [0.2, 0.25) is 5.02 Å². The van der Waals surface area contributed by atoms with Crippen molar-refractivity contribution in [1.82, 2.24) is 0 Å². The van der Waals surface area contributed by atoms with E-state index in [9.17, 15) is 0 Å². The highest BCUT2D eigenvalue weighted by Crippen LogP contribution is 2.73. The Morgan fingerprint density at radius 2 is 0.956 bits per heavy atom. The zero-order valence-electron chi connectivity index (χ0n) is 24.5. The van der Waals surface area contributed by atoms with Crippen molar-refractivity contribution in [1.29, 1.82) is 0 Å². The van der Waals surface area contributed by atoms with E-state index in [1.165, 1.54) is 0 Å². The molecule has 0 saturated heterocycles. The predicted octanol–water partition coefficient (Wildman–Crippen LogP) is 7.47. The fourth-order valence-corrected chi connectivity index (χ4v) is 17.1. The third-order valence-corrected chi connectivity index (χ3v) is 18.0. The van der Waals surface area contributed by atoms with Gasteiger partial charge in [-0.05, 0) is 30.0 Å². The molecule has 2 saturated carbocycles. The molecule has 224 valence electrons. The van der Waals surface area contributed by atoms with E-state index in [0.717, 1.165) is 38.9 Å². The lowest BCUT2D eigenvalue weighted by Crippen LogP contribution is -2.50. The lowest BCUT2D eigenvalue weighted by Gasteiger charge is -2.44. The summed E-state index contributed by atoms with van der Waals surface area (Å²) in [4.78, 5) is 6.32. The van der Waals surface area contributed by atoms with Gasteiger partial charge in [-0.25, -0.2) is 0 Å². The smallest absolute Gasteiger partial charge is 0.147 e. The first-order chi connectivity index (χ1) is 22.0. The van der Waals surface area contributed by atoms with Gasteiger partial charge in [0.2, 0.25) is 0 Å². The first-order valence-electron chi connectivity index (χ1n) is 15.4. The monoisotopic (exact) mass is 647 g/mol. The minimum absolute atomic E-state index is 0.0612. The van der Waals surface area contributed by atoms with Crippen molar-refractivity contribution >= 4 is 52.8 Å². The molecule has 7 heteroatoms. The van der Waals surface area contributed by atoms with Crippen LogP contribution in [-0.4, -0.2) is 23.1 Å². The molecule has 6 atom stereocenters. The second-order valence-electron chi connectivity index (χ2n) is 12.3. The van der Waals surface area contributed by atoms with Gasteiger partial charge in [0.15, 0.2) is 0 Å². The summed E-state index contributed by atoms with van der Waals surface area (Å²) in [5.41, 5.74) is 1.01. The SMILES string of the molecule is O=P(c1ccccc1)(c1ccccc1)[C@H]1[C@H]2C[C@@H]([C@@H]3C(c4ccc(Cl)cc4)=NO[C@@H]23)[C@@H]1P(=O)(c1ccccc1)c1ccccc1. The number of hydrogen-bond donors (Lipinski definition) is 0. The Kier molecular flexibility index (Phi) is 7.22. The fourth-order valence-electron chi connectivity index (χ4n) is 8.40. The molecule has 2 fully saturated rings. The summed E-state index contributed by atoms with van der Waals surface area (Å²) >= 11 is 6.26. The maximum absolute atomic E-state index is 16.4. The maximum Gasteiger partial charge on any atom is 0.147 e. The molecule has 0 radical (unpaired) electrons. The number of halogens is 1. The predicted molar refractivity (Wildman–Crippen MR) is 185 cm³/mol. The van der Waals surface area contributed by atoms with Gasteiger partial charge in [0, 0.05) is 49.4 Å². The molecule has 1 aliphatic heterocycles. The molecule has 1 heterocycles. The minimum atomic E-state index is -3.39. The Hall–Kier alpha value is -3.68. The highest BCUT2D eigenvalue weighted by molar-refractivity contribution is 7.83. The molecule has 5 aromatic carbocycles. The van der Waals surface area contributed by atoms with Gasteiger partial charge >= 0.3 is 0 Å². The number of rotatable bonds is 7. The Morgan fingerprint density at radius 1 is 0.556 bits per heavy atom. The van der Waals surface area contributed by atoms with Gasteiger partial charge in [0.05, 0.1) is 5.71 Å². The Balaban J connectivity index is 1.38. The maximum atomic E-state index is 16.4. The average Bonchev–Trinajstić information content (AvgIpc) is 3.82. The van der Waals surface area contributed by atoms with Crippen molar-refractivity contribution in [2.24, 2.45) is 22.9 Å². The van der Waals surface area contributed by atoms with E-state index in [4.69, 9.17) is 16.4 Å². The van der Waals surface area contributed by atoms with Crippen molar-refractivity contribution < 1.29 is 14.0 Å². The third-order valence-electron chi connectivity index (χ3n) is 10.1. The number of hydrogen-bond acceptors (Lipinski definition) is 4. The van der Waals surface area contributed by atoms with E-state index >= 15 is 9.13 Å². The second-order valence-corrected chi connectivity index (χ2v) is 18.6. The molecule has 3 aliphatic rings. The molecular weight excluding hydrogens is 616 g/mol. The summed E-state index contributed by atoms with van der Waals surface area (Å²) in [6.45, 7) is 0. The lowest BCUT2D eigenvalue weighted by molar-refractivity contribution is 0.0293. The summed E-state index contributed by atoms with van der Waals surface area (Å²) < 4.78 is 32.7. The van der Waals surface area contributed by atoms with Gasteiger partial charge < -0.3 is 14.0 Å². The molecule has 0 unspecified atom stereocenters. The Bertz CT molecular complexity index is 1870. The summed E-state index contributed by atoms with van der Waals surface area (Å²) in [5.74, 6) is -0.238. The first kappa shape index (κ1) is 28.8. The van der Waals surface area contributed by atoms with Gasteiger partial charge in [-0.2, -0.15) is 0 Å². The van der Waals surface area contributed by atoms with Gasteiger partial charge in [0.25, 0.3) is 0 Å². The molecule has 0 spiro atoms. The fraction of sp³-hybridized carbons (Fsp3) is 0.184. The minimum Gasteiger partial charge on any atom is -0.391 e. The first-order valence-corrected chi connectivity index (χ1v) is 19.4. The van der Waals surface area contributed by atoms with Crippen LogP contribution in [0.1, 0.15) is 12.0 Å². The van der Waals surface area contributed by atoms with Crippen LogP contribution in [0.3, 0.4) is 0 Å². The van der Waals surface area contributed by atoms with Crippen LogP contribution in [0.15, 0.2) is 151 Å². The van der Waals surface area contributed by atoms with Gasteiger partial charge in [-0.1, -0.05) is 150 Å². The number of fused-ring (bicyclic) bond motifs is 5. The molecule has 4 nitrogen and oxygen atoms in total. The van der Waals surface area contributed by atoms with Crippen LogP contribution in [0.5, 0.6) is 0 Å². The van der Waals surface area contributed by atoms with Crippen LogP contribution < -0.4 is 21.2 Å². The molecular formula is C38H32ClNO3P2. The summed E-state index contributed by atoms with van der Waals surface area (Å²) in [5, 5.41) is 8.52. The van der Waals surface area contributed by atoms with Crippen LogP contribution in [0.25, 0.3) is 0 Å². The normalized spacial score (nSPS) is 25.4. The van der Waals surface area contributed by atoms with E-state index in [-0.39, 0.29) is 23.9 Å². The highest BCUT2D eigenvalue weighted by Gasteiger charge is 2.70. The molecule has 8 rings (SSSR count). The van der Waals surface area contributed by atoms with E-state index < -0.39 is 25.6 Å². The van der Waals surface area contributed by atoms with E-state index in [2.05, 4.69) is 5.16 Å². The molecule has 2 bridgehead atoms. The molecule has 0 aromatic heterocycles. The zero-order chi connectivity index (χ0) is 30.6. The topological polar surface area (TPSA) is 55.7 Å².